The highest BCUT2D eigenvalue weighted by Crippen LogP contribution is 2.25. The molecule has 0 saturated carbocycles. The summed E-state index contributed by atoms with van der Waals surface area (Å²) in [6, 6.07) is 6.36. The summed E-state index contributed by atoms with van der Waals surface area (Å²) >= 11 is 0. The highest BCUT2D eigenvalue weighted by atomic mass is 16.1. The molecule has 94 valence electrons. The SMILES string of the molecule is O=Cc1c[nH]c2ccc(N3CCCCCC3)cc12. The van der Waals surface area contributed by atoms with Crippen LogP contribution in [0.5, 0.6) is 0 Å². The van der Waals surface area contributed by atoms with Crippen LogP contribution in [0.15, 0.2) is 24.4 Å². The highest BCUT2D eigenvalue weighted by molar-refractivity contribution is 5.98. The van der Waals surface area contributed by atoms with Crippen LogP contribution in [0, 0.1) is 0 Å². The quantitative estimate of drug-likeness (QED) is 0.820. The van der Waals surface area contributed by atoms with Gasteiger partial charge in [0.15, 0.2) is 6.29 Å². The maximum absolute atomic E-state index is 11.0. The maximum Gasteiger partial charge on any atom is 0.152 e. The van der Waals surface area contributed by atoms with Crippen LogP contribution in [0.4, 0.5) is 5.69 Å². The Morgan fingerprint density at radius 1 is 1.11 bits per heavy atom. The van der Waals surface area contributed by atoms with Crippen molar-refractivity contribution >= 4 is 22.9 Å². The van der Waals surface area contributed by atoms with Gasteiger partial charge in [0.1, 0.15) is 0 Å². The van der Waals surface area contributed by atoms with Crippen LogP contribution >= 0.6 is 0 Å². The number of carbonyl (C=O) groups excluding carboxylic acids is 1. The first kappa shape index (κ1) is 11.3. The summed E-state index contributed by atoms with van der Waals surface area (Å²) in [6.07, 6.45) is 7.91. The number of benzene rings is 1. The molecule has 3 rings (SSSR count). The average Bonchev–Trinajstić information content (AvgIpc) is 2.62. The van der Waals surface area contributed by atoms with E-state index in [0.717, 1.165) is 35.8 Å². The second kappa shape index (κ2) is 4.84. The second-order valence-electron chi connectivity index (χ2n) is 4.99. The van der Waals surface area contributed by atoms with Gasteiger partial charge in [-0.1, -0.05) is 12.8 Å². The van der Waals surface area contributed by atoms with Crippen LogP contribution in [0.2, 0.25) is 0 Å². The van der Waals surface area contributed by atoms with E-state index in [1.54, 1.807) is 6.20 Å². The van der Waals surface area contributed by atoms with E-state index < -0.39 is 0 Å². The topological polar surface area (TPSA) is 36.1 Å². The fraction of sp³-hybridized carbons (Fsp3) is 0.400. The lowest BCUT2D eigenvalue weighted by atomic mass is 10.1. The molecular weight excluding hydrogens is 224 g/mol. The van der Waals surface area contributed by atoms with E-state index in [4.69, 9.17) is 0 Å². The van der Waals surface area contributed by atoms with E-state index in [9.17, 15) is 4.79 Å². The number of aldehydes is 1. The fourth-order valence-electron chi connectivity index (χ4n) is 2.75. The number of aromatic nitrogens is 1. The van der Waals surface area contributed by atoms with Crippen molar-refractivity contribution in [3.8, 4) is 0 Å². The molecule has 0 amide bonds. The van der Waals surface area contributed by atoms with Crippen LogP contribution in [-0.2, 0) is 0 Å². The Morgan fingerprint density at radius 2 is 1.89 bits per heavy atom. The number of hydrogen-bond donors (Lipinski definition) is 1. The number of nitrogens with zero attached hydrogens (tertiary/aromatic N) is 1. The summed E-state index contributed by atoms with van der Waals surface area (Å²) in [5.41, 5.74) is 3.03. The highest BCUT2D eigenvalue weighted by Gasteiger charge is 2.11. The Kier molecular flexibility index (Phi) is 3.05. The lowest BCUT2D eigenvalue weighted by Crippen LogP contribution is -2.23. The van der Waals surface area contributed by atoms with Crippen LogP contribution < -0.4 is 4.90 Å². The smallest absolute Gasteiger partial charge is 0.152 e. The molecule has 2 heterocycles. The van der Waals surface area contributed by atoms with Gasteiger partial charge in [-0.05, 0) is 31.0 Å². The molecule has 18 heavy (non-hydrogen) atoms. The molecule has 1 fully saturated rings. The molecule has 1 aromatic heterocycles. The molecule has 1 N–H and O–H groups in total. The normalized spacial score (nSPS) is 16.8. The number of nitrogens with one attached hydrogen (secondary N) is 1. The van der Waals surface area contributed by atoms with Gasteiger partial charge in [0.2, 0.25) is 0 Å². The molecule has 1 saturated heterocycles. The van der Waals surface area contributed by atoms with Gasteiger partial charge in [-0.15, -0.1) is 0 Å². The Labute approximate surface area is 107 Å². The summed E-state index contributed by atoms with van der Waals surface area (Å²) in [6.45, 7) is 2.26. The van der Waals surface area contributed by atoms with Crippen LogP contribution in [0.25, 0.3) is 10.9 Å². The first-order chi connectivity index (χ1) is 8.88. The standard InChI is InChI=1S/C15H18N2O/c18-11-12-10-16-15-6-5-13(9-14(12)15)17-7-3-1-2-4-8-17/h5-6,9-11,16H,1-4,7-8H2. The summed E-state index contributed by atoms with van der Waals surface area (Å²) in [7, 11) is 0. The lowest BCUT2D eigenvalue weighted by Gasteiger charge is -2.22. The van der Waals surface area contributed by atoms with E-state index >= 15 is 0 Å². The third-order valence-electron chi connectivity index (χ3n) is 3.80. The second-order valence-corrected chi connectivity index (χ2v) is 4.99. The molecular formula is C15H18N2O. The molecule has 0 aliphatic carbocycles. The Hall–Kier alpha value is -1.77. The molecule has 1 aliphatic heterocycles. The van der Waals surface area contributed by atoms with Gasteiger partial charge in [-0.2, -0.15) is 0 Å². The third kappa shape index (κ3) is 2.01. The summed E-state index contributed by atoms with van der Waals surface area (Å²) in [5.74, 6) is 0. The summed E-state index contributed by atoms with van der Waals surface area (Å²) in [4.78, 5) is 16.6. The lowest BCUT2D eigenvalue weighted by molar-refractivity contribution is 0.112. The largest absolute Gasteiger partial charge is 0.372 e. The van der Waals surface area contributed by atoms with Crippen molar-refractivity contribution in [3.05, 3.63) is 30.0 Å². The number of rotatable bonds is 2. The fourth-order valence-corrected chi connectivity index (χ4v) is 2.75. The van der Waals surface area contributed by atoms with Crippen molar-refractivity contribution in [2.24, 2.45) is 0 Å². The van der Waals surface area contributed by atoms with Crippen molar-refractivity contribution in [1.29, 1.82) is 0 Å². The van der Waals surface area contributed by atoms with Gasteiger partial charge in [0.05, 0.1) is 0 Å². The van der Waals surface area contributed by atoms with Gasteiger partial charge in [0.25, 0.3) is 0 Å². The van der Waals surface area contributed by atoms with E-state index in [2.05, 4.69) is 28.1 Å². The van der Waals surface area contributed by atoms with Gasteiger partial charge >= 0.3 is 0 Å². The van der Waals surface area contributed by atoms with Crippen molar-refractivity contribution in [3.63, 3.8) is 0 Å². The molecule has 0 atom stereocenters. The minimum atomic E-state index is 0.752. The first-order valence-corrected chi connectivity index (χ1v) is 6.70. The third-order valence-corrected chi connectivity index (χ3v) is 3.80. The molecule has 2 aromatic rings. The van der Waals surface area contributed by atoms with Crippen LogP contribution in [0.3, 0.4) is 0 Å². The maximum atomic E-state index is 11.0. The van der Waals surface area contributed by atoms with Gasteiger partial charge in [-0.25, -0.2) is 0 Å². The molecule has 3 nitrogen and oxygen atoms in total. The average molecular weight is 242 g/mol. The van der Waals surface area contributed by atoms with E-state index in [-0.39, 0.29) is 0 Å². The molecule has 0 radical (unpaired) electrons. The van der Waals surface area contributed by atoms with E-state index in [1.807, 2.05) is 0 Å². The molecule has 1 aromatic carbocycles. The zero-order chi connectivity index (χ0) is 12.4. The van der Waals surface area contributed by atoms with Gasteiger partial charge in [-0.3, -0.25) is 4.79 Å². The summed E-state index contributed by atoms with van der Waals surface area (Å²) in [5, 5.41) is 1.03. The molecule has 3 heteroatoms. The monoisotopic (exact) mass is 242 g/mol. The minimum absolute atomic E-state index is 0.752. The van der Waals surface area contributed by atoms with Crippen molar-refractivity contribution in [1.82, 2.24) is 4.98 Å². The van der Waals surface area contributed by atoms with Crippen molar-refractivity contribution in [2.45, 2.75) is 25.7 Å². The minimum Gasteiger partial charge on any atom is -0.372 e. The zero-order valence-electron chi connectivity index (χ0n) is 10.5. The van der Waals surface area contributed by atoms with Crippen LogP contribution in [0.1, 0.15) is 36.0 Å². The Morgan fingerprint density at radius 3 is 2.61 bits per heavy atom. The van der Waals surface area contributed by atoms with E-state index in [1.165, 1.54) is 31.4 Å². The van der Waals surface area contributed by atoms with Gasteiger partial charge < -0.3 is 9.88 Å². The van der Waals surface area contributed by atoms with Crippen molar-refractivity contribution < 1.29 is 4.79 Å². The number of H-pyrrole nitrogens is 1. The Balaban J connectivity index is 1.98. The van der Waals surface area contributed by atoms with Crippen molar-refractivity contribution in [2.75, 3.05) is 18.0 Å². The predicted octanol–water partition coefficient (Wildman–Crippen LogP) is 3.36. The molecule has 0 bridgehead atoms. The number of carbonyl (C=O) groups is 1. The number of anilines is 1. The van der Waals surface area contributed by atoms with Gasteiger partial charge in [0, 0.05) is 41.4 Å². The molecule has 1 aliphatic rings. The number of aromatic amines is 1. The predicted molar refractivity (Wildman–Crippen MR) is 74.4 cm³/mol. The molecule has 0 spiro atoms. The van der Waals surface area contributed by atoms with E-state index in [0.29, 0.717) is 0 Å². The molecule has 0 unspecified atom stereocenters. The zero-order valence-corrected chi connectivity index (χ0v) is 10.5. The first-order valence-electron chi connectivity index (χ1n) is 6.70. The number of fused-ring (bicyclic) bond motifs is 1. The number of hydrogen-bond acceptors (Lipinski definition) is 2. The summed E-state index contributed by atoms with van der Waals surface area (Å²) < 4.78 is 0. The van der Waals surface area contributed by atoms with Crippen LogP contribution in [-0.4, -0.2) is 24.4 Å². The Bertz CT molecular complexity index is 551.